The monoisotopic (exact) mass is 294 g/mol. The van der Waals surface area contributed by atoms with E-state index in [-0.39, 0.29) is 29.2 Å². The van der Waals surface area contributed by atoms with Crippen LogP contribution in [0.1, 0.15) is 15.9 Å². The molecule has 1 aromatic heterocycles. The number of rotatable bonds is 4. The molecule has 5 nitrogen and oxygen atoms in total. The number of carbonyl (C=O) groups is 1. The summed E-state index contributed by atoms with van der Waals surface area (Å²) in [5.74, 6) is 4.81. The third-order valence-electron chi connectivity index (χ3n) is 2.55. The summed E-state index contributed by atoms with van der Waals surface area (Å²) in [4.78, 5) is 15.8. The molecule has 2 rings (SSSR count). The van der Waals surface area contributed by atoms with Crippen molar-refractivity contribution in [3.63, 3.8) is 0 Å². The van der Waals surface area contributed by atoms with Crippen molar-refractivity contribution in [2.75, 3.05) is 5.43 Å². The summed E-state index contributed by atoms with van der Waals surface area (Å²) < 4.78 is 13.0. The Morgan fingerprint density at radius 3 is 2.85 bits per heavy atom. The van der Waals surface area contributed by atoms with Crippen molar-refractivity contribution < 1.29 is 9.18 Å². The highest BCUT2D eigenvalue weighted by Crippen LogP contribution is 2.14. The van der Waals surface area contributed by atoms with E-state index in [0.717, 1.165) is 0 Å². The van der Waals surface area contributed by atoms with E-state index in [2.05, 4.69) is 15.7 Å². The van der Waals surface area contributed by atoms with E-state index in [1.807, 2.05) is 0 Å². The fourth-order valence-corrected chi connectivity index (χ4v) is 1.84. The summed E-state index contributed by atoms with van der Waals surface area (Å²) in [7, 11) is 0. The summed E-state index contributed by atoms with van der Waals surface area (Å²) in [6, 6.07) is 8.88. The molecule has 0 aliphatic heterocycles. The van der Waals surface area contributed by atoms with Crippen molar-refractivity contribution in [3.05, 3.63) is 58.5 Å². The van der Waals surface area contributed by atoms with Crippen LogP contribution in [0.5, 0.6) is 0 Å². The van der Waals surface area contributed by atoms with Gasteiger partial charge in [0.25, 0.3) is 5.91 Å². The molecule has 0 bridgehead atoms. The van der Waals surface area contributed by atoms with Crippen LogP contribution in [0.25, 0.3) is 0 Å². The molecule has 0 unspecified atom stereocenters. The van der Waals surface area contributed by atoms with E-state index < -0.39 is 0 Å². The number of amides is 1. The van der Waals surface area contributed by atoms with E-state index >= 15 is 0 Å². The topological polar surface area (TPSA) is 80.0 Å². The molecule has 1 heterocycles. The molecule has 0 aliphatic rings. The summed E-state index contributed by atoms with van der Waals surface area (Å²) in [5.41, 5.74) is 3.30. The molecule has 0 radical (unpaired) electrons. The van der Waals surface area contributed by atoms with Crippen molar-refractivity contribution >= 4 is 23.3 Å². The van der Waals surface area contributed by atoms with Gasteiger partial charge in [0.1, 0.15) is 16.8 Å². The molecule has 0 fully saturated rings. The van der Waals surface area contributed by atoms with Crippen LogP contribution in [0.2, 0.25) is 5.15 Å². The second-order valence-electron chi connectivity index (χ2n) is 4.02. The molecule has 0 saturated carbocycles. The van der Waals surface area contributed by atoms with Crippen molar-refractivity contribution in [2.45, 2.75) is 6.54 Å². The SMILES string of the molecule is NNc1cc(C(=O)NCc2cccc(F)c2)cc(Cl)n1. The minimum absolute atomic E-state index is 0.149. The van der Waals surface area contributed by atoms with Crippen LogP contribution < -0.4 is 16.6 Å². The predicted molar refractivity (Wildman–Crippen MR) is 74.6 cm³/mol. The van der Waals surface area contributed by atoms with E-state index in [4.69, 9.17) is 17.4 Å². The highest BCUT2D eigenvalue weighted by molar-refractivity contribution is 6.29. The maximum atomic E-state index is 13.0. The Morgan fingerprint density at radius 2 is 2.15 bits per heavy atom. The lowest BCUT2D eigenvalue weighted by Gasteiger charge is -2.07. The molecule has 0 spiro atoms. The minimum Gasteiger partial charge on any atom is -0.348 e. The minimum atomic E-state index is -0.352. The van der Waals surface area contributed by atoms with Crippen LogP contribution in [-0.2, 0) is 6.54 Å². The van der Waals surface area contributed by atoms with Gasteiger partial charge < -0.3 is 10.7 Å². The Bertz CT molecular complexity index is 636. The highest BCUT2D eigenvalue weighted by atomic mass is 35.5. The van der Waals surface area contributed by atoms with Crippen LogP contribution >= 0.6 is 11.6 Å². The molecular weight excluding hydrogens is 283 g/mol. The Labute approximate surface area is 119 Å². The second-order valence-corrected chi connectivity index (χ2v) is 4.41. The molecule has 1 amide bonds. The first-order valence-corrected chi connectivity index (χ1v) is 6.13. The van der Waals surface area contributed by atoms with E-state index in [1.165, 1.54) is 24.3 Å². The molecule has 104 valence electrons. The normalized spacial score (nSPS) is 10.2. The Hall–Kier alpha value is -2.18. The number of hydrogen-bond acceptors (Lipinski definition) is 4. The lowest BCUT2D eigenvalue weighted by Crippen LogP contribution is -2.23. The zero-order chi connectivity index (χ0) is 14.5. The molecule has 7 heteroatoms. The van der Waals surface area contributed by atoms with Gasteiger partial charge in [-0.2, -0.15) is 0 Å². The first kappa shape index (κ1) is 14.2. The van der Waals surface area contributed by atoms with Gasteiger partial charge in [0, 0.05) is 12.1 Å². The van der Waals surface area contributed by atoms with Crippen molar-refractivity contribution in [3.8, 4) is 0 Å². The number of benzene rings is 1. The number of nitrogens with two attached hydrogens (primary N) is 1. The fourth-order valence-electron chi connectivity index (χ4n) is 1.63. The average Bonchev–Trinajstić information content (AvgIpc) is 2.44. The lowest BCUT2D eigenvalue weighted by molar-refractivity contribution is 0.0951. The molecule has 2 aromatic rings. The quantitative estimate of drug-likeness (QED) is 0.458. The van der Waals surface area contributed by atoms with Gasteiger partial charge in [-0.15, -0.1) is 0 Å². The summed E-state index contributed by atoms with van der Waals surface area (Å²) in [6.07, 6.45) is 0. The lowest BCUT2D eigenvalue weighted by atomic mass is 10.2. The van der Waals surface area contributed by atoms with Crippen molar-refractivity contribution in [2.24, 2.45) is 5.84 Å². The zero-order valence-corrected chi connectivity index (χ0v) is 11.1. The largest absolute Gasteiger partial charge is 0.348 e. The van der Waals surface area contributed by atoms with Crippen LogP contribution in [0.4, 0.5) is 10.2 Å². The molecule has 0 atom stereocenters. The molecule has 20 heavy (non-hydrogen) atoms. The van der Waals surface area contributed by atoms with Crippen LogP contribution in [0.3, 0.4) is 0 Å². The summed E-state index contributed by atoms with van der Waals surface area (Å²) in [5, 5.41) is 2.81. The highest BCUT2D eigenvalue weighted by Gasteiger charge is 2.09. The first-order chi connectivity index (χ1) is 9.58. The van der Waals surface area contributed by atoms with Gasteiger partial charge in [-0.05, 0) is 29.8 Å². The first-order valence-electron chi connectivity index (χ1n) is 5.75. The molecule has 4 N–H and O–H groups in total. The molecule has 0 saturated heterocycles. The fraction of sp³-hybridized carbons (Fsp3) is 0.0769. The van der Waals surface area contributed by atoms with Gasteiger partial charge in [-0.25, -0.2) is 15.2 Å². The maximum absolute atomic E-state index is 13.0. The van der Waals surface area contributed by atoms with Crippen LogP contribution in [0, 0.1) is 5.82 Å². The molecular formula is C13H12ClFN4O. The number of halogens is 2. The van der Waals surface area contributed by atoms with E-state index in [1.54, 1.807) is 12.1 Å². The molecule has 1 aromatic carbocycles. The number of pyridine rings is 1. The second kappa shape index (κ2) is 6.31. The van der Waals surface area contributed by atoms with Crippen LogP contribution in [-0.4, -0.2) is 10.9 Å². The standard InChI is InChI=1S/C13H12ClFN4O/c14-11-5-9(6-12(18-11)19-16)13(20)17-7-8-2-1-3-10(15)4-8/h1-6H,7,16H2,(H,17,20)(H,18,19). The number of hydrogen-bond donors (Lipinski definition) is 3. The van der Waals surface area contributed by atoms with Gasteiger partial charge >= 0.3 is 0 Å². The van der Waals surface area contributed by atoms with Gasteiger partial charge in [-0.1, -0.05) is 23.7 Å². The van der Waals surface area contributed by atoms with Crippen molar-refractivity contribution in [1.82, 2.24) is 10.3 Å². The Kier molecular flexibility index (Phi) is 4.49. The number of nitrogens with one attached hydrogen (secondary N) is 2. The van der Waals surface area contributed by atoms with Crippen LogP contribution in [0.15, 0.2) is 36.4 Å². The zero-order valence-electron chi connectivity index (χ0n) is 10.4. The Balaban J connectivity index is 2.07. The number of anilines is 1. The van der Waals surface area contributed by atoms with E-state index in [0.29, 0.717) is 11.1 Å². The third kappa shape index (κ3) is 3.66. The smallest absolute Gasteiger partial charge is 0.251 e. The van der Waals surface area contributed by atoms with Gasteiger partial charge in [-0.3, -0.25) is 4.79 Å². The Morgan fingerprint density at radius 1 is 1.35 bits per heavy atom. The number of nitrogens with zero attached hydrogens (tertiary/aromatic N) is 1. The summed E-state index contributed by atoms with van der Waals surface area (Å²) >= 11 is 5.77. The van der Waals surface area contributed by atoms with E-state index in [9.17, 15) is 9.18 Å². The van der Waals surface area contributed by atoms with Gasteiger partial charge in [0.15, 0.2) is 0 Å². The molecule has 0 aliphatic carbocycles. The maximum Gasteiger partial charge on any atom is 0.251 e. The number of carbonyl (C=O) groups excluding carboxylic acids is 1. The third-order valence-corrected chi connectivity index (χ3v) is 2.74. The number of nitrogen functional groups attached to an aromatic ring is 1. The van der Waals surface area contributed by atoms with Gasteiger partial charge in [0.05, 0.1) is 0 Å². The number of aromatic nitrogens is 1. The summed E-state index contributed by atoms with van der Waals surface area (Å²) in [6.45, 7) is 0.210. The van der Waals surface area contributed by atoms with Gasteiger partial charge in [0.2, 0.25) is 0 Å². The average molecular weight is 295 g/mol. The van der Waals surface area contributed by atoms with Crippen molar-refractivity contribution in [1.29, 1.82) is 0 Å². The predicted octanol–water partition coefficient (Wildman–Crippen LogP) is 2.09. The number of hydrazine groups is 1.